The number of likely N-dealkylation sites (N-methyl/N-ethyl adjacent to an activating group) is 2. The second-order valence-corrected chi connectivity index (χ2v) is 4.50. The Morgan fingerprint density at radius 1 is 0.875 bits per heavy atom. The predicted octanol–water partition coefficient (Wildman–Crippen LogP) is 1.65. The average Bonchev–Trinajstić information content (AvgIpc) is 2.28. The van der Waals surface area contributed by atoms with Gasteiger partial charge in [0, 0.05) is 32.2 Å². The molecular weight excluding hydrogens is 198 g/mol. The summed E-state index contributed by atoms with van der Waals surface area (Å²) in [5.74, 6) is 0. The van der Waals surface area contributed by atoms with Gasteiger partial charge < -0.3 is 10.2 Å². The number of nitrogens with zero attached hydrogens (tertiary/aromatic N) is 2. The van der Waals surface area contributed by atoms with Crippen LogP contribution in [0.15, 0.2) is 0 Å². The second kappa shape index (κ2) is 10.1. The monoisotopic (exact) mass is 229 g/mol. The highest BCUT2D eigenvalue weighted by molar-refractivity contribution is 4.63. The fourth-order valence-corrected chi connectivity index (χ4v) is 1.91. The van der Waals surface area contributed by atoms with E-state index >= 15 is 0 Å². The Kier molecular flexibility index (Phi) is 9.99. The van der Waals surface area contributed by atoms with Crippen molar-refractivity contribution in [1.29, 1.82) is 0 Å². The van der Waals surface area contributed by atoms with E-state index in [1.807, 2.05) is 0 Å². The van der Waals surface area contributed by atoms with Crippen LogP contribution in [0.4, 0.5) is 0 Å². The van der Waals surface area contributed by atoms with Gasteiger partial charge in [-0.3, -0.25) is 4.90 Å². The minimum atomic E-state index is 0.662. The summed E-state index contributed by atoms with van der Waals surface area (Å²) in [7, 11) is 0. The average molecular weight is 229 g/mol. The minimum Gasteiger partial charge on any atom is -0.314 e. The first kappa shape index (κ1) is 15.9. The van der Waals surface area contributed by atoms with Crippen molar-refractivity contribution in [2.45, 2.75) is 40.7 Å². The molecule has 98 valence electrons. The molecule has 0 saturated carbocycles. The molecule has 16 heavy (non-hydrogen) atoms. The van der Waals surface area contributed by atoms with Gasteiger partial charge in [-0.1, -0.05) is 20.8 Å². The highest BCUT2D eigenvalue weighted by atomic mass is 15.2. The Balaban J connectivity index is 3.45. The quantitative estimate of drug-likeness (QED) is 0.575. The van der Waals surface area contributed by atoms with Crippen molar-refractivity contribution in [1.82, 2.24) is 15.1 Å². The molecule has 0 aromatic heterocycles. The Bertz CT molecular complexity index is 144. The van der Waals surface area contributed by atoms with Crippen LogP contribution in [0.1, 0.15) is 34.6 Å². The van der Waals surface area contributed by atoms with E-state index in [1.165, 1.54) is 6.54 Å². The van der Waals surface area contributed by atoms with Gasteiger partial charge in [0.1, 0.15) is 0 Å². The fourth-order valence-electron chi connectivity index (χ4n) is 1.91. The van der Waals surface area contributed by atoms with Gasteiger partial charge in [-0.05, 0) is 33.5 Å². The highest BCUT2D eigenvalue weighted by Crippen LogP contribution is 1.95. The summed E-state index contributed by atoms with van der Waals surface area (Å²) in [6, 6.07) is 0.662. The SMILES string of the molecule is CCN(CC)CCNCCN(CC)C(C)C. The molecule has 1 N–H and O–H groups in total. The summed E-state index contributed by atoms with van der Waals surface area (Å²) in [5.41, 5.74) is 0. The zero-order chi connectivity index (χ0) is 12.4. The molecule has 0 bridgehead atoms. The van der Waals surface area contributed by atoms with Gasteiger partial charge in [0.15, 0.2) is 0 Å². The molecule has 0 aliphatic carbocycles. The van der Waals surface area contributed by atoms with Crippen LogP contribution in [0.5, 0.6) is 0 Å². The van der Waals surface area contributed by atoms with E-state index in [-0.39, 0.29) is 0 Å². The first-order chi connectivity index (χ1) is 7.65. The maximum atomic E-state index is 3.52. The van der Waals surface area contributed by atoms with Crippen molar-refractivity contribution < 1.29 is 0 Å². The third kappa shape index (κ3) is 7.20. The predicted molar refractivity (Wildman–Crippen MR) is 73.0 cm³/mol. The molecule has 0 heterocycles. The smallest absolute Gasteiger partial charge is 0.0109 e. The van der Waals surface area contributed by atoms with Crippen molar-refractivity contribution in [2.24, 2.45) is 0 Å². The highest BCUT2D eigenvalue weighted by Gasteiger charge is 2.05. The lowest BCUT2D eigenvalue weighted by atomic mass is 10.3. The Labute approximate surface area is 102 Å². The summed E-state index contributed by atoms with van der Waals surface area (Å²) >= 11 is 0. The van der Waals surface area contributed by atoms with Gasteiger partial charge in [0.25, 0.3) is 0 Å². The summed E-state index contributed by atoms with van der Waals surface area (Å²) in [6.07, 6.45) is 0. The van der Waals surface area contributed by atoms with Crippen molar-refractivity contribution in [3.63, 3.8) is 0 Å². The second-order valence-electron chi connectivity index (χ2n) is 4.50. The van der Waals surface area contributed by atoms with Crippen LogP contribution in [-0.2, 0) is 0 Å². The van der Waals surface area contributed by atoms with Crippen LogP contribution in [-0.4, -0.2) is 61.7 Å². The molecule has 3 heteroatoms. The minimum absolute atomic E-state index is 0.662. The standard InChI is InChI=1S/C13H31N3/c1-6-15(7-2)11-9-14-10-12-16(8-3)13(4)5/h13-14H,6-12H2,1-5H3. The molecule has 0 aromatic carbocycles. The number of hydrogen-bond donors (Lipinski definition) is 1. The molecule has 0 aromatic rings. The van der Waals surface area contributed by atoms with Crippen LogP contribution in [0.3, 0.4) is 0 Å². The lowest BCUT2D eigenvalue weighted by Gasteiger charge is -2.25. The van der Waals surface area contributed by atoms with Crippen molar-refractivity contribution in [3.8, 4) is 0 Å². The van der Waals surface area contributed by atoms with E-state index in [1.54, 1.807) is 0 Å². The van der Waals surface area contributed by atoms with E-state index in [0.29, 0.717) is 6.04 Å². The fraction of sp³-hybridized carbons (Fsp3) is 1.00. The Hall–Kier alpha value is -0.120. The normalized spacial score (nSPS) is 12.0. The molecule has 0 amide bonds. The largest absolute Gasteiger partial charge is 0.314 e. The first-order valence-corrected chi connectivity index (χ1v) is 6.82. The summed E-state index contributed by atoms with van der Waals surface area (Å²) < 4.78 is 0. The Morgan fingerprint density at radius 2 is 1.44 bits per heavy atom. The molecule has 0 rings (SSSR count). The topological polar surface area (TPSA) is 18.5 Å². The zero-order valence-corrected chi connectivity index (χ0v) is 11.9. The molecule has 0 spiro atoms. The number of nitrogens with one attached hydrogen (secondary N) is 1. The van der Waals surface area contributed by atoms with Crippen LogP contribution >= 0.6 is 0 Å². The molecule has 0 unspecified atom stereocenters. The van der Waals surface area contributed by atoms with E-state index in [4.69, 9.17) is 0 Å². The molecule has 3 nitrogen and oxygen atoms in total. The molecule has 0 radical (unpaired) electrons. The van der Waals surface area contributed by atoms with Crippen LogP contribution in [0.25, 0.3) is 0 Å². The van der Waals surface area contributed by atoms with Gasteiger partial charge >= 0.3 is 0 Å². The molecule has 0 aliphatic rings. The van der Waals surface area contributed by atoms with Crippen LogP contribution < -0.4 is 5.32 Å². The zero-order valence-electron chi connectivity index (χ0n) is 11.9. The van der Waals surface area contributed by atoms with Gasteiger partial charge in [0.2, 0.25) is 0 Å². The third-order valence-corrected chi connectivity index (χ3v) is 3.21. The lowest BCUT2D eigenvalue weighted by Crippen LogP contribution is -2.39. The van der Waals surface area contributed by atoms with E-state index in [0.717, 1.165) is 39.3 Å². The molecular formula is C13H31N3. The maximum absolute atomic E-state index is 3.52. The van der Waals surface area contributed by atoms with E-state index in [2.05, 4.69) is 49.7 Å². The molecule has 0 saturated heterocycles. The molecule has 0 fully saturated rings. The third-order valence-electron chi connectivity index (χ3n) is 3.21. The number of hydrogen-bond acceptors (Lipinski definition) is 3. The summed E-state index contributed by atoms with van der Waals surface area (Å²) in [6.45, 7) is 19.2. The number of rotatable bonds is 10. The summed E-state index contributed by atoms with van der Waals surface area (Å²) in [5, 5.41) is 3.52. The Morgan fingerprint density at radius 3 is 1.88 bits per heavy atom. The van der Waals surface area contributed by atoms with Crippen molar-refractivity contribution >= 4 is 0 Å². The van der Waals surface area contributed by atoms with Crippen molar-refractivity contribution in [3.05, 3.63) is 0 Å². The summed E-state index contributed by atoms with van der Waals surface area (Å²) in [4.78, 5) is 4.94. The van der Waals surface area contributed by atoms with E-state index in [9.17, 15) is 0 Å². The van der Waals surface area contributed by atoms with Crippen molar-refractivity contribution in [2.75, 3.05) is 45.8 Å². The van der Waals surface area contributed by atoms with Crippen LogP contribution in [0.2, 0.25) is 0 Å². The van der Waals surface area contributed by atoms with Gasteiger partial charge in [-0.25, -0.2) is 0 Å². The van der Waals surface area contributed by atoms with Gasteiger partial charge in [-0.15, -0.1) is 0 Å². The van der Waals surface area contributed by atoms with Gasteiger partial charge in [-0.2, -0.15) is 0 Å². The molecule has 0 aliphatic heterocycles. The first-order valence-electron chi connectivity index (χ1n) is 6.82. The van der Waals surface area contributed by atoms with E-state index < -0.39 is 0 Å². The lowest BCUT2D eigenvalue weighted by molar-refractivity contribution is 0.231. The van der Waals surface area contributed by atoms with Crippen LogP contribution in [0, 0.1) is 0 Å². The maximum Gasteiger partial charge on any atom is 0.0109 e. The van der Waals surface area contributed by atoms with Gasteiger partial charge in [0.05, 0.1) is 0 Å². The molecule has 0 atom stereocenters.